The number of aliphatic hydroxyl groups is 1. The lowest BCUT2D eigenvalue weighted by Crippen LogP contribution is -2.37. The summed E-state index contributed by atoms with van der Waals surface area (Å²) in [5, 5.41) is 13.6. The second-order valence-corrected chi connectivity index (χ2v) is 6.86. The number of fused-ring (bicyclic) bond motifs is 1. The topological polar surface area (TPSA) is 67.8 Å². The van der Waals surface area contributed by atoms with Crippen LogP contribution in [0.5, 0.6) is 11.5 Å². The third kappa shape index (κ3) is 3.13. The van der Waals surface area contributed by atoms with E-state index in [1.807, 2.05) is 18.2 Å². The Morgan fingerprint density at radius 2 is 2.05 bits per heavy atom. The monoisotopic (exact) mass is 297 g/mol. The lowest BCUT2D eigenvalue weighted by molar-refractivity contribution is 0.166. The van der Waals surface area contributed by atoms with Gasteiger partial charge in [-0.05, 0) is 30.5 Å². The molecule has 6 heteroatoms. The van der Waals surface area contributed by atoms with Crippen molar-refractivity contribution in [2.24, 2.45) is 0 Å². The molecule has 2 heterocycles. The Hall–Kier alpha value is -1.11. The smallest absolute Gasteiger partial charge is 0.231 e. The first-order chi connectivity index (χ1) is 9.72. The van der Waals surface area contributed by atoms with Gasteiger partial charge in [-0.25, -0.2) is 0 Å². The van der Waals surface area contributed by atoms with Gasteiger partial charge in [-0.1, -0.05) is 6.07 Å². The molecule has 110 valence electrons. The van der Waals surface area contributed by atoms with Crippen molar-refractivity contribution in [1.29, 1.82) is 0 Å². The van der Waals surface area contributed by atoms with Gasteiger partial charge in [0.25, 0.3) is 0 Å². The summed E-state index contributed by atoms with van der Waals surface area (Å²) in [5.74, 6) is 2.94. The molecule has 20 heavy (non-hydrogen) atoms. The fourth-order valence-electron chi connectivity index (χ4n) is 2.51. The van der Waals surface area contributed by atoms with Gasteiger partial charge in [0.05, 0.1) is 6.10 Å². The second kappa shape index (κ2) is 6.11. The molecular weight excluding hydrogens is 278 g/mol. The van der Waals surface area contributed by atoms with Crippen molar-refractivity contribution >= 4 is 10.8 Å². The van der Waals surface area contributed by atoms with Gasteiger partial charge in [0.1, 0.15) is 0 Å². The van der Waals surface area contributed by atoms with Gasteiger partial charge in [-0.15, -0.1) is 0 Å². The average molecular weight is 297 g/mol. The maximum Gasteiger partial charge on any atom is 0.231 e. The standard InChI is InChI=1S/C14H19NO4S/c16-12(8-15-11-3-5-20(17)6-4-11)10-1-2-13-14(7-10)19-9-18-13/h1-2,7,11-12,15-16H,3-6,8-9H2. The Balaban J connectivity index is 1.54. The van der Waals surface area contributed by atoms with E-state index in [9.17, 15) is 9.32 Å². The van der Waals surface area contributed by atoms with Crippen molar-refractivity contribution in [1.82, 2.24) is 5.32 Å². The zero-order chi connectivity index (χ0) is 13.9. The van der Waals surface area contributed by atoms with Crippen molar-refractivity contribution in [3.05, 3.63) is 23.8 Å². The molecule has 2 aliphatic heterocycles. The normalized spacial score (nSPS) is 26.4. The molecule has 0 spiro atoms. The molecule has 0 aliphatic carbocycles. The van der Waals surface area contributed by atoms with E-state index < -0.39 is 16.9 Å². The third-order valence-electron chi connectivity index (χ3n) is 3.77. The van der Waals surface area contributed by atoms with Crippen LogP contribution in [0.1, 0.15) is 24.5 Å². The highest BCUT2D eigenvalue weighted by Gasteiger charge is 2.20. The van der Waals surface area contributed by atoms with E-state index in [1.165, 1.54) is 0 Å². The van der Waals surface area contributed by atoms with Crippen LogP contribution >= 0.6 is 0 Å². The first-order valence-corrected chi connectivity index (χ1v) is 8.37. The molecule has 2 aliphatic rings. The maximum atomic E-state index is 11.3. The third-order valence-corrected chi connectivity index (χ3v) is 5.15. The minimum absolute atomic E-state index is 0.242. The molecule has 3 rings (SSSR count). The van der Waals surface area contributed by atoms with Gasteiger partial charge >= 0.3 is 0 Å². The van der Waals surface area contributed by atoms with Crippen LogP contribution in [0.15, 0.2) is 18.2 Å². The summed E-state index contributed by atoms with van der Waals surface area (Å²) in [6, 6.07) is 5.86. The van der Waals surface area contributed by atoms with Gasteiger partial charge in [-0.2, -0.15) is 0 Å². The van der Waals surface area contributed by atoms with E-state index in [-0.39, 0.29) is 6.79 Å². The number of nitrogens with one attached hydrogen (secondary N) is 1. The minimum Gasteiger partial charge on any atom is -0.454 e. The maximum absolute atomic E-state index is 11.3. The van der Waals surface area contributed by atoms with Gasteiger partial charge in [-0.3, -0.25) is 4.21 Å². The Kier molecular flexibility index (Phi) is 4.24. The van der Waals surface area contributed by atoms with Crippen LogP contribution in [0, 0.1) is 0 Å². The Bertz CT molecular complexity index is 498. The summed E-state index contributed by atoms with van der Waals surface area (Å²) in [6.07, 6.45) is 1.26. The van der Waals surface area contributed by atoms with Crippen LogP contribution in [0.25, 0.3) is 0 Å². The van der Waals surface area contributed by atoms with Crippen LogP contribution in [0.3, 0.4) is 0 Å². The molecule has 1 unspecified atom stereocenters. The van der Waals surface area contributed by atoms with Gasteiger partial charge in [0.2, 0.25) is 6.79 Å². The van der Waals surface area contributed by atoms with E-state index in [1.54, 1.807) is 0 Å². The number of aliphatic hydroxyl groups excluding tert-OH is 1. The summed E-state index contributed by atoms with van der Waals surface area (Å²) in [4.78, 5) is 0. The van der Waals surface area contributed by atoms with Crippen molar-refractivity contribution < 1.29 is 18.8 Å². The molecule has 1 fully saturated rings. The molecule has 0 saturated carbocycles. The predicted octanol–water partition coefficient (Wildman–Crippen LogP) is 0.949. The van der Waals surface area contributed by atoms with Gasteiger partial charge in [0.15, 0.2) is 11.5 Å². The van der Waals surface area contributed by atoms with E-state index >= 15 is 0 Å². The molecule has 0 aromatic heterocycles. The number of rotatable bonds is 4. The molecule has 2 N–H and O–H groups in total. The van der Waals surface area contributed by atoms with E-state index in [4.69, 9.17) is 9.47 Å². The number of hydrogen-bond acceptors (Lipinski definition) is 5. The Morgan fingerprint density at radius 3 is 2.85 bits per heavy atom. The van der Waals surface area contributed by atoms with E-state index in [0.29, 0.717) is 18.3 Å². The number of ether oxygens (including phenoxy) is 2. The molecule has 1 aromatic rings. The average Bonchev–Trinajstić information content (AvgIpc) is 2.93. The summed E-state index contributed by atoms with van der Waals surface area (Å²) < 4.78 is 21.8. The van der Waals surface area contributed by atoms with Crippen LogP contribution in [-0.2, 0) is 10.8 Å². The molecule has 5 nitrogen and oxygen atoms in total. The lowest BCUT2D eigenvalue weighted by Gasteiger charge is -2.24. The minimum atomic E-state index is -0.644. The molecular formula is C14H19NO4S. The van der Waals surface area contributed by atoms with Crippen molar-refractivity contribution in [3.8, 4) is 11.5 Å². The largest absolute Gasteiger partial charge is 0.454 e. The second-order valence-electron chi connectivity index (χ2n) is 5.16. The van der Waals surface area contributed by atoms with Crippen molar-refractivity contribution in [3.63, 3.8) is 0 Å². The number of benzene rings is 1. The van der Waals surface area contributed by atoms with Crippen LogP contribution < -0.4 is 14.8 Å². The lowest BCUT2D eigenvalue weighted by atomic mass is 10.1. The molecule has 0 amide bonds. The highest BCUT2D eigenvalue weighted by molar-refractivity contribution is 7.85. The predicted molar refractivity (Wildman–Crippen MR) is 76.4 cm³/mol. The number of hydrogen-bond donors (Lipinski definition) is 2. The fourth-order valence-corrected chi connectivity index (χ4v) is 3.81. The fraction of sp³-hybridized carbons (Fsp3) is 0.571. The van der Waals surface area contributed by atoms with E-state index in [2.05, 4.69) is 5.32 Å². The first-order valence-electron chi connectivity index (χ1n) is 6.88. The highest BCUT2D eigenvalue weighted by Crippen LogP contribution is 2.34. The Morgan fingerprint density at radius 1 is 1.30 bits per heavy atom. The molecule has 0 bridgehead atoms. The van der Waals surface area contributed by atoms with Crippen molar-refractivity contribution in [2.75, 3.05) is 24.8 Å². The van der Waals surface area contributed by atoms with Crippen LogP contribution in [0.2, 0.25) is 0 Å². The SMILES string of the molecule is O=S1CCC(NCC(O)c2ccc3c(c2)OCO3)CC1. The van der Waals surface area contributed by atoms with Gasteiger partial charge in [0, 0.05) is 34.9 Å². The Labute approximate surface area is 120 Å². The van der Waals surface area contributed by atoms with Crippen LogP contribution in [-0.4, -0.2) is 40.2 Å². The van der Waals surface area contributed by atoms with Crippen molar-refractivity contribution in [2.45, 2.75) is 25.0 Å². The first kappa shape index (κ1) is 13.9. The molecule has 1 aromatic carbocycles. The summed E-state index contributed by atoms with van der Waals surface area (Å²) in [6.45, 7) is 0.739. The van der Waals surface area contributed by atoms with Gasteiger partial charge < -0.3 is 19.9 Å². The zero-order valence-electron chi connectivity index (χ0n) is 11.2. The van der Waals surface area contributed by atoms with Crippen LogP contribution in [0.4, 0.5) is 0 Å². The molecule has 0 radical (unpaired) electrons. The summed E-state index contributed by atoms with van der Waals surface area (Å²) in [7, 11) is -0.644. The highest BCUT2D eigenvalue weighted by atomic mass is 32.2. The molecule has 1 saturated heterocycles. The van der Waals surface area contributed by atoms with E-state index in [0.717, 1.165) is 35.7 Å². The quantitative estimate of drug-likeness (QED) is 0.866. The summed E-state index contributed by atoms with van der Waals surface area (Å²) >= 11 is 0. The molecule has 1 atom stereocenters. The summed E-state index contributed by atoms with van der Waals surface area (Å²) in [5.41, 5.74) is 0.820. The zero-order valence-corrected chi connectivity index (χ0v) is 12.0.